The van der Waals surface area contributed by atoms with E-state index in [0.717, 1.165) is 44.7 Å². The minimum atomic E-state index is -0.170. The number of carbonyl (C=O) groups is 1. The average molecular weight is 373 g/mol. The van der Waals surface area contributed by atoms with Gasteiger partial charge in [-0.3, -0.25) is 10.2 Å². The van der Waals surface area contributed by atoms with Crippen molar-refractivity contribution in [3.8, 4) is 0 Å². The predicted molar refractivity (Wildman–Crippen MR) is 104 cm³/mol. The van der Waals surface area contributed by atoms with Gasteiger partial charge in [-0.25, -0.2) is 13.9 Å². The van der Waals surface area contributed by atoms with Crippen LogP contribution in [0.4, 0.5) is 15.0 Å². The van der Waals surface area contributed by atoms with Gasteiger partial charge < -0.3 is 4.90 Å². The molecule has 0 atom stereocenters. The van der Waals surface area contributed by atoms with Gasteiger partial charge in [-0.05, 0) is 18.9 Å². The van der Waals surface area contributed by atoms with E-state index in [1.165, 1.54) is 6.07 Å². The molecule has 1 aliphatic rings. The van der Waals surface area contributed by atoms with Crippen LogP contribution < -0.4 is 5.32 Å². The topological polar surface area (TPSA) is 53.4 Å². The first kappa shape index (κ1) is 19.4. The third-order valence-corrected chi connectivity index (χ3v) is 4.90. The number of unbranched alkanes of at least 4 members (excludes halogenated alkanes) is 1. The molecule has 27 heavy (non-hydrogen) atoms. The lowest BCUT2D eigenvalue weighted by atomic mass is 10.2. The second-order valence-electron chi connectivity index (χ2n) is 6.93. The first-order valence-corrected chi connectivity index (χ1v) is 9.71. The molecule has 0 spiro atoms. The van der Waals surface area contributed by atoms with Crippen molar-refractivity contribution in [1.82, 2.24) is 19.6 Å². The highest BCUT2D eigenvalue weighted by atomic mass is 19.1. The van der Waals surface area contributed by atoms with Crippen LogP contribution in [0.5, 0.6) is 0 Å². The molecule has 1 fully saturated rings. The lowest BCUT2D eigenvalue weighted by Gasteiger charge is -2.22. The van der Waals surface area contributed by atoms with Crippen molar-refractivity contribution in [3.63, 3.8) is 0 Å². The number of rotatable bonds is 6. The first-order chi connectivity index (χ1) is 13.2. The molecule has 1 aliphatic heterocycles. The van der Waals surface area contributed by atoms with Crippen LogP contribution in [0.3, 0.4) is 0 Å². The van der Waals surface area contributed by atoms with Gasteiger partial charge in [-0.15, -0.1) is 0 Å². The van der Waals surface area contributed by atoms with Gasteiger partial charge in [-0.2, -0.15) is 5.10 Å². The summed E-state index contributed by atoms with van der Waals surface area (Å²) in [6, 6.07) is 8.61. The van der Waals surface area contributed by atoms with E-state index >= 15 is 0 Å². The van der Waals surface area contributed by atoms with Crippen molar-refractivity contribution >= 4 is 11.8 Å². The summed E-state index contributed by atoms with van der Waals surface area (Å²) in [4.78, 5) is 16.7. The minimum Gasteiger partial charge on any atom is -0.323 e. The Morgan fingerprint density at radius 1 is 1.19 bits per heavy atom. The van der Waals surface area contributed by atoms with Crippen molar-refractivity contribution in [3.05, 3.63) is 47.9 Å². The zero-order valence-electron chi connectivity index (χ0n) is 15.9. The Morgan fingerprint density at radius 3 is 2.85 bits per heavy atom. The van der Waals surface area contributed by atoms with Crippen molar-refractivity contribution < 1.29 is 9.18 Å². The maximum Gasteiger partial charge on any atom is 0.323 e. The molecule has 0 radical (unpaired) electrons. The number of anilines is 1. The van der Waals surface area contributed by atoms with Crippen LogP contribution in [0, 0.1) is 5.82 Å². The third kappa shape index (κ3) is 5.29. The van der Waals surface area contributed by atoms with E-state index in [9.17, 15) is 9.18 Å². The zero-order chi connectivity index (χ0) is 19.1. The monoisotopic (exact) mass is 373 g/mol. The molecule has 6 nitrogen and oxygen atoms in total. The van der Waals surface area contributed by atoms with E-state index in [-0.39, 0.29) is 11.8 Å². The molecule has 2 amide bonds. The summed E-state index contributed by atoms with van der Waals surface area (Å²) in [6.07, 6.45) is 4.69. The number of hydrogen-bond acceptors (Lipinski definition) is 3. The van der Waals surface area contributed by atoms with Gasteiger partial charge >= 0.3 is 6.03 Å². The van der Waals surface area contributed by atoms with E-state index in [1.807, 2.05) is 27.8 Å². The number of benzene rings is 1. The van der Waals surface area contributed by atoms with Crippen molar-refractivity contribution in [2.45, 2.75) is 39.3 Å². The molecular weight excluding hydrogens is 345 g/mol. The number of nitrogens with one attached hydrogen (secondary N) is 1. The van der Waals surface area contributed by atoms with Crippen LogP contribution >= 0.6 is 0 Å². The van der Waals surface area contributed by atoms with E-state index in [1.54, 1.807) is 12.3 Å². The summed E-state index contributed by atoms with van der Waals surface area (Å²) < 4.78 is 15.7. The molecule has 1 aromatic carbocycles. The standard InChI is InChI=1S/C20H28FN5O/c1-2-3-13-26-19(9-10-22-26)23-20(27)25-12-6-11-24(14-15-25)16-17-7-4-5-8-18(17)21/h4-5,7-10H,2-3,6,11-16H2,1H3,(H,23,27). The molecule has 0 saturated carbocycles. The first-order valence-electron chi connectivity index (χ1n) is 9.71. The number of carbonyl (C=O) groups excluding carboxylic acids is 1. The number of amides is 2. The SMILES string of the molecule is CCCCn1nccc1NC(=O)N1CCCN(Cc2ccccc2F)CC1. The molecule has 7 heteroatoms. The van der Waals surface area contributed by atoms with E-state index < -0.39 is 0 Å². The largest absolute Gasteiger partial charge is 0.323 e. The zero-order valence-corrected chi connectivity index (χ0v) is 15.9. The number of urea groups is 1. The van der Waals surface area contributed by atoms with E-state index in [2.05, 4.69) is 22.2 Å². The highest BCUT2D eigenvalue weighted by molar-refractivity contribution is 5.88. The number of nitrogens with zero attached hydrogens (tertiary/aromatic N) is 4. The fourth-order valence-electron chi connectivity index (χ4n) is 3.31. The molecule has 2 aromatic rings. The molecule has 2 heterocycles. The Bertz CT molecular complexity index is 747. The molecule has 0 aliphatic carbocycles. The smallest absolute Gasteiger partial charge is 0.323 e. The van der Waals surface area contributed by atoms with Gasteiger partial charge in [0.2, 0.25) is 0 Å². The summed E-state index contributed by atoms with van der Waals surface area (Å²) >= 11 is 0. The Kier molecular flexibility index (Phi) is 6.81. The Hall–Kier alpha value is -2.41. The van der Waals surface area contributed by atoms with Gasteiger partial charge in [0.25, 0.3) is 0 Å². The molecular formula is C20H28FN5O. The molecule has 0 bridgehead atoms. The normalized spacial score (nSPS) is 15.6. The number of aryl methyl sites for hydroxylation is 1. The summed E-state index contributed by atoms with van der Waals surface area (Å²) in [5.74, 6) is 0.567. The Labute approximate surface area is 160 Å². The Balaban J connectivity index is 1.54. The van der Waals surface area contributed by atoms with Crippen LogP contribution in [-0.4, -0.2) is 51.8 Å². The molecule has 0 unspecified atom stereocenters. The Morgan fingerprint density at radius 2 is 2.04 bits per heavy atom. The summed E-state index contributed by atoms with van der Waals surface area (Å²) in [5, 5.41) is 7.26. The minimum absolute atomic E-state index is 0.0963. The van der Waals surface area contributed by atoms with Crippen molar-refractivity contribution in [1.29, 1.82) is 0 Å². The fraction of sp³-hybridized carbons (Fsp3) is 0.500. The second kappa shape index (κ2) is 9.50. The van der Waals surface area contributed by atoms with Crippen LogP contribution in [-0.2, 0) is 13.1 Å². The summed E-state index contributed by atoms with van der Waals surface area (Å²) in [5.41, 5.74) is 0.704. The highest BCUT2D eigenvalue weighted by Crippen LogP contribution is 2.14. The lowest BCUT2D eigenvalue weighted by Crippen LogP contribution is -2.38. The van der Waals surface area contributed by atoms with Crippen molar-refractivity contribution in [2.24, 2.45) is 0 Å². The van der Waals surface area contributed by atoms with Gasteiger partial charge in [0.05, 0.1) is 6.20 Å². The van der Waals surface area contributed by atoms with Crippen LogP contribution in [0.1, 0.15) is 31.7 Å². The molecule has 1 N–H and O–H groups in total. The summed E-state index contributed by atoms with van der Waals surface area (Å²) in [7, 11) is 0. The van der Waals surface area contributed by atoms with E-state index in [4.69, 9.17) is 0 Å². The third-order valence-electron chi connectivity index (χ3n) is 4.90. The number of halogens is 1. The molecule has 3 rings (SSSR count). The average Bonchev–Trinajstić information content (AvgIpc) is 2.96. The van der Waals surface area contributed by atoms with Gasteiger partial charge in [-0.1, -0.05) is 31.5 Å². The molecule has 1 saturated heterocycles. The van der Waals surface area contributed by atoms with Crippen LogP contribution in [0.2, 0.25) is 0 Å². The van der Waals surface area contributed by atoms with Gasteiger partial charge in [0.15, 0.2) is 0 Å². The predicted octanol–water partition coefficient (Wildman–Crippen LogP) is 3.56. The van der Waals surface area contributed by atoms with Crippen molar-refractivity contribution in [2.75, 3.05) is 31.5 Å². The lowest BCUT2D eigenvalue weighted by molar-refractivity contribution is 0.210. The number of hydrogen-bond donors (Lipinski definition) is 1. The van der Waals surface area contributed by atoms with Crippen LogP contribution in [0.15, 0.2) is 36.5 Å². The molecule has 146 valence electrons. The maximum atomic E-state index is 13.9. The van der Waals surface area contributed by atoms with Gasteiger partial charge in [0.1, 0.15) is 11.6 Å². The van der Waals surface area contributed by atoms with E-state index in [0.29, 0.717) is 25.2 Å². The second-order valence-corrected chi connectivity index (χ2v) is 6.93. The maximum absolute atomic E-state index is 13.9. The number of aromatic nitrogens is 2. The quantitative estimate of drug-likeness (QED) is 0.842. The summed E-state index contributed by atoms with van der Waals surface area (Å²) in [6.45, 7) is 6.42. The fourth-order valence-corrected chi connectivity index (χ4v) is 3.31. The van der Waals surface area contributed by atoms with Crippen LogP contribution in [0.25, 0.3) is 0 Å². The van der Waals surface area contributed by atoms with Gasteiger partial charge in [0, 0.05) is 50.9 Å². The molecule has 1 aromatic heterocycles. The highest BCUT2D eigenvalue weighted by Gasteiger charge is 2.20.